The summed E-state index contributed by atoms with van der Waals surface area (Å²) in [6, 6.07) is 15.0. The minimum Gasteiger partial charge on any atom is -0.341 e. The Bertz CT molecular complexity index is 1130. The highest BCUT2D eigenvalue weighted by atomic mass is 32.2. The van der Waals surface area contributed by atoms with E-state index < -0.39 is 15.8 Å². The number of carbonyl (C=O) groups excluding carboxylic acids is 1. The molecule has 30 heavy (non-hydrogen) atoms. The molecule has 0 atom stereocenters. The first-order chi connectivity index (χ1) is 14.3. The lowest BCUT2D eigenvalue weighted by atomic mass is 10.1. The number of aromatic nitrogens is 1. The largest absolute Gasteiger partial charge is 0.341 e. The lowest BCUT2D eigenvalue weighted by molar-refractivity contribution is 0.0795. The second kappa shape index (κ2) is 9.04. The van der Waals surface area contributed by atoms with Gasteiger partial charge in [-0.25, -0.2) is 12.8 Å². The lowest BCUT2D eigenvalue weighted by Crippen LogP contribution is -2.29. The van der Waals surface area contributed by atoms with Crippen LogP contribution in [-0.4, -0.2) is 37.8 Å². The van der Waals surface area contributed by atoms with E-state index >= 15 is 0 Å². The summed E-state index contributed by atoms with van der Waals surface area (Å²) in [5.74, 6) is -0.739. The summed E-state index contributed by atoms with van der Waals surface area (Å²) in [4.78, 5) is 18.7. The standard InChI is InChI=1S/C22H22FN3O3S/c1-16-6-11-20(30(28,29)25-19-9-7-17(23)8-10-19)15-21(16)22(27)26(2)14-12-18-5-3-4-13-24-18/h3-11,13,15,25H,12,14H2,1-2H3. The van der Waals surface area contributed by atoms with Crippen molar-refractivity contribution in [2.45, 2.75) is 18.2 Å². The van der Waals surface area contributed by atoms with Gasteiger partial charge < -0.3 is 4.90 Å². The maximum atomic E-state index is 13.1. The number of likely N-dealkylation sites (N-methyl/N-ethyl adjacent to an activating group) is 1. The highest BCUT2D eigenvalue weighted by Gasteiger charge is 2.20. The van der Waals surface area contributed by atoms with Crippen molar-refractivity contribution >= 4 is 21.6 Å². The molecule has 0 saturated carbocycles. The number of nitrogens with zero attached hydrogens (tertiary/aromatic N) is 2. The zero-order chi connectivity index (χ0) is 21.7. The molecular weight excluding hydrogens is 405 g/mol. The molecule has 1 N–H and O–H groups in total. The van der Waals surface area contributed by atoms with Gasteiger partial charge in [-0.1, -0.05) is 12.1 Å². The minimum atomic E-state index is -3.93. The molecule has 0 aliphatic carbocycles. The first-order valence-electron chi connectivity index (χ1n) is 9.31. The average Bonchev–Trinajstić information content (AvgIpc) is 2.74. The monoisotopic (exact) mass is 427 g/mol. The molecule has 8 heteroatoms. The SMILES string of the molecule is Cc1ccc(S(=O)(=O)Nc2ccc(F)cc2)cc1C(=O)N(C)CCc1ccccn1. The summed E-state index contributed by atoms with van der Waals surface area (Å²) in [5, 5.41) is 0. The third-order valence-corrected chi connectivity index (χ3v) is 6.00. The van der Waals surface area contributed by atoms with E-state index in [0.717, 1.165) is 5.69 Å². The highest BCUT2D eigenvalue weighted by Crippen LogP contribution is 2.20. The van der Waals surface area contributed by atoms with E-state index in [-0.39, 0.29) is 16.5 Å². The molecule has 0 saturated heterocycles. The Hall–Kier alpha value is -3.26. The van der Waals surface area contributed by atoms with Crippen LogP contribution in [0.5, 0.6) is 0 Å². The number of amides is 1. The molecule has 0 fully saturated rings. The van der Waals surface area contributed by atoms with Gasteiger partial charge in [0, 0.05) is 43.2 Å². The van der Waals surface area contributed by atoms with Crippen LogP contribution in [0.4, 0.5) is 10.1 Å². The zero-order valence-corrected chi connectivity index (χ0v) is 17.5. The Morgan fingerprint density at radius 2 is 1.83 bits per heavy atom. The molecule has 0 bridgehead atoms. The molecule has 2 aromatic carbocycles. The van der Waals surface area contributed by atoms with Gasteiger partial charge in [-0.15, -0.1) is 0 Å². The molecule has 156 valence electrons. The van der Waals surface area contributed by atoms with E-state index in [9.17, 15) is 17.6 Å². The van der Waals surface area contributed by atoms with Crippen LogP contribution >= 0.6 is 0 Å². The Balaban J connectivity index is 1.78. The topological polar surface area (TPSA) is 79.4 Å². The smallest absolute Gasteiger partial charge is 0.261 e. The molecular formula is C22H22FN3O3S. The molecule has 3 aromatic rings. The fourth-order valence-corrected chi connectivity index (χ4v) is 3.95. The van der Waals surface area contributed by atoms with Crippen molar-refractivity contribution in [3.05, 3.63) is 89.5 Å². The zero-order valence-electron chi connectivity index (χ0n) is 16.7. The van der Waals surface area contributed by atoms with E-state index in [0.29, 0.717) is 24.1 Å². The Labute approximate surface area is 175 Å². The number of halogens is 1. The normalized spacial score (nSPS) is 11.2. The maximum absolute atomic E-state index is 13.1. The molecule has 1 heterocycles. The fraction of sp³-hybridized carbons (Fsp3) is 0.182. The summed E-state index contributed by atoms with van der Waals surface area (Å²) < 4.78 is 40.9. The summed E-state index contributed by atoms with van der Waals surface area (Å²) >= 11 is 0. The molecule has 0 aliphatic rings. The molecule has 0 radical (unpaired) electrons. The number of aryl methyl sites for hydroxylation is 1. The molecule has 0 aliphatic heterocycles. The quantitative estimate of drug-likeness (QED) is 0.624. The lowest BCUT2D eigenvalue weighted by Gasteiger charge is -2.19. The Morgan fingerprint density at radius 3 is 2.50 bits per heavy atom. The van der Waals surface area contributed by atoms with Gasteiger partial charge in [-0.2, -0.15) is 0 Å². The molecule has 1 aromatic heterocycles. The van der Waals surface area contributed by atoms with E-state index in [4.69, 9.17) is 0 Å². The first kappa shape index (κ1) is 21.4. The van der Waals surface area contributed by atoms with Crippen LogP contribution in [-0.2, 0) is 16.4 Å². The average molecular weight is 428 g/mol. The number of hydrogen-bond donors (Lipinski definition) is 1. The highest BCUT2D eigenvalue weighted by molar-refractivity contribution is 7.92. The van der Waals surface area contributed by atoms with Gasteiger partial charge in [-0.05, 0) is 61.0 Å². The van der Waals surface area contributed by atoms with Crippen LogP contribution in [0.2, 0.25) is 0 Å². The second-order valence-corrected chi connectivity index (χ2v) is 8.57. The number of sulfonamides is 1. The second-order valence-electron chi connectivity index (χ2n) is 6.89. The molecule has 1 amide bonds. The van der Waals surface area contributed by atoms with E-state index in [1.54, 1.807) is 31.1 Å². The van der Waals surface area contributed by atoms with Crippen molar-refractivity contribution < 1.29 is 17.6 Å². The number of carbonyl (C=O) groups is 1. The van der Waals surface area contributed by atoms with Gasteiger partial charge >= 0.3 is 0 Å². The number of anilines is 1. The number of rotatable bonds is 7. The van der Waals surface area contributed by atoms with Crippen LogP contribution in [0.3, 0.4) is 0 Å². The predicted octanol–water partition coefficient (Wildman–Crippen LogP) is 3.64. The predicted molar refractivity (Wildman–Crippen MR) is 113 cm³/mol. The van der Waals surface area contributed by atoms with Crippen molar-refractivity contribution in [3.8, 4) is 0 Å². The number of hydrogen-bond acceptors (Lipinski definition) is 4. The van der Waals surface area contributed by atoms with E-state index in [1.807, 2.05) is 18.2 Å². The van der Waals surface area contributed by atoms with Crippen LogP contribution < -0.4 is 4.72 Å². The van der Waals surface area contributed by atoms with Crippen LogP contribution in [0.15, 0.2) is 71.8 Å². The van der Waals surface area contributed by atoms with Crippen LogP contribution in [0, 0.1) is 12.7 Å². The third kappa shape index (κ3) is 5.21. The first-order valence-corrected chi connectivity index (χ1v) is 10.8. The van der Waals surface area contributed by atoms with Crippen molar-refractivity contribution in [2.24, 2.45) is 0 Å². The summed E-state index contributed by atoms with van der Waals surface area (Å²) in [6.45, 7) is 2.20. The van der Waals surface area contributed by atoms with Crippen molar-refractivity contribution in [3.63, 3.8) is 0 Å². The van der Waals surface area contributed by atoms with E-state index in [2.05, 4.69) is 9.71 Å². The summed E-state index contributed by atoms with van der Waals surface area (Å²) in [7, 11) is -2.26. The molecule has 6 nitrogen and oxygen atoms in total. The van der Waals surface area contributed by atoms with Gasteiger partial charge in [0.1, 0.15) is 5.82 Å². The van der Waals surface area contributed by atoms with Gasteiger partial charge in [0.15, 0.2) is 0 Å². The fourth-order valence-electron chi connectivity index (χ4n) is 2.87. The van der Waals surface area contributed by atoms with Crippen molar-refractivity contribution in [2.75, 3.05) is 18.3 Å². The number of nitrogens with one attached hydrogen (secondary N) is 1. The minimum absolute atomic E-state index is 0.0427. The van der Waals surface area contributed by atoms with Gasteiger partial charge in [-0.3, -0.25) is 14.5 Å². The van der Waals surface area contributed by atoms with Crippen molar-refractivity contribution in [1.29, 1.82) is 0 Å². The maximum Gasteiger partial charge on any atom is 0.261 e. The number of benzene rings is 2. The van der Waals surface area contributed by atoms with Crippen molar-refractivity contribution in [1.82, 2.24) is 9.88 Å². The van der Waals surface area contributed by atoms with Crippen LogP contribution in [0.25, 0.3) is 0 Å². The van der Waals surface area contributed by atoms with Gasteiger partial charge in [0.25, 0.3) is 15.9 Å². The molecule has 0 unspecified atom stereocenters. The Morgan fingerprint density at radius 1 is 1.10 bits per heavy atom. The Kier molecular flexibility index (Phi) is 6.47. The molecule has 0 spiro atoms. The van der Waals surface area contributed by atoms with E-state index in [1.165, 1.54) is 36.4 Å². The molecule has 3 rings (SSSR count). The number of pyridine rings is 1. The van der Waals surface area contributed by atoms with Gasteiger partial charge in [0.05, 0.1) is 4.90 Å². The van der Waals surface area contributed by atoms with Crippen LogP contribution in [0.1, 0.15) is 21.6 Å². The summed E-state index contributed by atoms with van der Waals surface area (Å²) in [5.41, 5.74) is 2.08. The van der Waals surface area contributed by atoms with Gasteiger partial charge in [0.2, 0.25) is 0 Å². The summed E-state index contributed by atoms with van der Waals surface area (Å²) in [6.07, 6.45) is 2.29. The third-order valence-electron chi connectivity index (χ3n) is 4.62.